The number of rotatable bonds is 3. The summed E-state index contributed by atoms with van der Waals surface area (Å²) in [6.45, 7) is 2.39. The molecule has 3 aromatic rings. The zero-order chi connectivity index (χ0) is 22.5. The van der Waals surface area contributed by atoms with Gasteiger partial charge in [0.2, 0.25) is 0 Å². The third kappa shape index (κ3) is 3.11. The van der Waals surface area contributed by atoms with Crippen LogP contribution in [0.4, 0.5) is 0 Å². The van der Waals surface area contributed by atoms with E-state index in [0.29, 0.717) is 12.2 Å². The fourth-order valence-corrected chi connectivity index (χ4v) is 5.66. The lowest BCUT2D eigenvalue weighted by atomic mass is 9.68. The van der Waals surface area contributed by atoms with Gasteiger partial charge in [0.1, 0.15) is 11.4 Å². The molecule has 7 heteroatoms. The summed E-state index contributed by atoms with van der Waals surface area (Å²) in [7, 11) is 5.85. The van der Waals surface area contributed by atoms with Gasteiger partial charge in [-0.25, -0.2) is 0 Å². The molecule has 2 aliphatic rings. The van der Waals surface area contributed by atoms with Gasteiger partial charge in [-0.2, -0.15) is 0 Å². The average molecular weight is 435 g/mol. The maximum absolute atomic E-state index is 13.6. The van der Waals surface area contributed by atoms with E-state index in [1.807, 2.05) is 30.1 Å². The number of nitrogens with zero attached hydrogens (tertiary/aromatic N) is 4. The minimum Gasteiger partial charge on any atom is -0.497 e. The molecule has 32 heavy (non-hydrogen) atoms. The molecule has 4 heterocycles. The highest BCUT2D eigenvalue weighted by Gasteiger charge is 2.49. The van der Waals surface area contributed by atoms with Gasteiger partial charge in [0.05, 0.1) is 25.3 Å². The van der Waals surface area contributed by atoms with Crippen molar-refractivity contribution in [1.29, 1.82) is 0 Å². The lowest BCUT2D eigenvalue weighted by Gasteiger charge is -2.50. The van der Waals surface area contributed by atoms with E-state index in [1.54, 1.807) is 19.4 Å². The van der Waals surface area contributed by atoms with Crippen LogP contribution in [0.2, 0.25) is 0 Å². The van der Waals surface area contributed by atoms with E-state index in [2.05, 4.69) is 33.6 Å². The number of aryl methyl sites for hydroxylation is 1. The summed E-state index contributed by atoms with van der Waals surface area (Å²) < 4.78 is 7.63. The van der Waals surface area contributed by atoms with Crippen LogP contribution in [0, 0.1) is 0 Å². The van der Waals surface area contributed by atoms with Crippen LogP contribution in [0.3, 0.4) is 0 Å². The van der Waals surface area contributed by atoms with Crippen LogP contribution in [-0.4, -0.2) is 70.8 Å². The lowest BCUT2D eigenvalue weighted by molar-refractivity contribution is 0.0348. The van der Waals surface area contributed by atoms with Crippen LogP contribution in [0.15, 0.2) is 42.6 Å². The molecule has 1 amide bonds. The van der Waals surface area contributed by atoms with E-state index in [9.17, 15) is 9.90 Å². The number of fused-ring (bicyclic) bond motifs is 4. The molecule has 0 unspecified atom stereocenters. The number of aromatic nitrogens is 2. The Morgan fingerprint density at radius 3 is 2.66 bits per heavy atom. The van der Waals surface area contributed by atoms with Crippen LogP contribution >= 0.6 is 0 Å². The van der Waals surface area contributed by atoms with E-state index in [-0.39, 0.29) is 17.9 Å². The fourth-order valence-electron chi connectivity index (χ4n) is 5.66. The van der Waals surface area contributed by atoms with Crippen molar-refractivity contribution < 1.29 is 14.6 Å². The standard InChI is InChI=1S/C25H30N4O3/c1-27-12-9-25(10-13-27)16-29(24(31)19-6-4-5-11-26-19)21(15-30)23-22(25)18-8-7-17(32-3)14-20(18)28(23)2/h4-8,11,14,21,30H,9-10,12-13,15-16H2,1-3H3/t21-/m0/s1. The predicted octanol–water partition coefficient (Wildman–Crippen LogP) is 2.73. The Kier molecular flexibility index (Phi) is 5.18. The number of hydrogen-bond donors (Lipinski definition) is 1. The van der Waals surface area contributed by atoms with Gasteiger partial charge < -0.3 is 24.2 Å². The number of benzene rings is 1. The zero-order valence-electron chi connectivity index (χ0n) is 18.9. The van der Waals surface area contributed by atoms with Crippen molar-refractivity contribution in [3.8, 4) is 5.75 Å². The lowest BCUT2D eigenvalue weighted by Crippen LogP contribution is -2.55. The summed E-state index contributed by atoms with van der Waals surface area (Å²) >= 11 is 0. The Morgan fingerprint density at radius 1 is 1.22 bits per heavy atom. The first-order valence-corrected chi connectivity index (χ1v) is 11.2. The predicted molar refractivity (Wildman–Crippen MR) is 123 cm³/mol. The summed E-state index contributed by atoms with van der Waals surface area (Å²) in [6.07, 6.45) is 3.57. The van der Waals surface area contributed by atoms with E-state index < -0.39 is 6.04 Å². The molecule has 1 spiro atoms. The Morgan fingerprint density at radius 2 is 2.00 bits per heavy atom. The van der Waals surface area contributed by atoms with Crippen molar-refractivity contribution in [3.05, 3.63) is 59.5 Å². The number of aliphatic hydroxyl groups excluding tert-OH is 1. The minimum atomic E-state index is -0.423. The molecule has 2 aromatic heterocycles. The fraction of sp³-hybridized carbons (Fsp3) is 0.440. The summed E-state index contributed by atoms with van der Waals surface area (Å²) in [4.78, 5) is 22.1. The molecule has 168 valence electrons. The van der Waals surface area contributed by atoms with Crippen LogP contribution in [0.5, 0.6) is 5.75 Å². The van der Waals surface area contributed by atoms with Gasteiger partial charge in [-0.05, 0) is 62.8 Å². The Hall–Kier alpha value is -2.90. The quantitative estimate of drug-likeness (QED) is 0.686. The number of carbonyl (C=O) groups is 1. The monoisotopic (exact) mass is 434 g/mol. The molecule has 0 bridgehead atoms. The number of hydrogen-bond acceptors (Lipinski definition) is 5. The van der Waals surface area contributed by atoms with E-state index in [0.717, 1.165) is 42.9 Å². The number of carbonyl (C=O) groups excluding carboxylic acids is 1. The van der Waals surface area contributed by atoms with Crippen LogP contribution < -0.4 is 4.74 Å². The van der Waals surface area contributed by atoms with Gasteiger partial charge in [-0.1, -0.05) is 6.07 Å². The second-order valence-corrected chi connectivity index (χ2v) is 9.13. The molecule has 1 N–H and O–H groups in total. The summed E-state index contributed by atoms with van der Waals surface area (Å²) in [5.41, 5.74) is 3.63. The Balaban J connectivity index is 1.73. The molecule has 7 nitrogen and oxygen atoms in total. The first-order chi connectivity index (χ1) is 15.5. The number of amides is 1. The van der Waals surface area contributed by atoms with Crippen LogP contribution in [0.25, 0.3) is 10.9 Å². The Bertz CT molecular complexity index is 1150. The summed E-state index contributed by atoms with van der Waals surface area (Å²) in [5, 5.41) is 11.7. The van der Waals surface area contributed by atoms with Crippen LogP contribution in [-0.2, 0) is 12.5 Å². The molecule has 5 rings (SSSR count). The normalized spacial score (nSPS) is 20.5. The number of likely N-dealkylation sites (tertiary alicyclic amines) is 1. The zero-order valence-corrected chi connectivity index (χ0v) is 18.9. The summed E-state index contributed by atoms with van der Waals surface area (Å²) in [6, 6.07) is 11.2. The SMILES string of the molecule is COc1ccc2c3c(n(C)c2c1)[C@H](CO)N(C(=O)c1ccccn1)CC31CCN(C)CC1. The number of pyridine rings is 1. The second-order valence-electron chi connectivity index (χ2n) is 9.13. The van der Waals surface area contributed by atoms with Crippen molar-refractivity contribution in [1.82, 2.24) is 19.4 Å². The van der Waals surface area contributed by atoms with Gasteiger partial charge in [-0.15, -0.1) is 0 Å². The van der Waals surface area contributed by atoms with Gasteiger partial charge >= 0.3 is 0 Å². The first kappa shape index (κ1) is 21.0. The number of aliphatic hydroxyl groups is 1. The topological polar surface area (TPSA) is 70.8 Å². The van der Waals surface area contributed by atoms with Crippen LogP contribution in [0.1, 0.15) is 40.6 Å². The van der Waals surface area contributed by atoms with Crippen molar-refractivity contribution in [2.24, 2.45) is 7.05 Å². The Labute approximate surface area is 188 Å². The molecule has 0 radical (unpaired) electrons. The highest BCUT2D eigenvalue weighted by Crippen LogP contribution is 2.50. The molecule has 1 atom stereocenters. The third-order valence-corrected chi connectivity index (χ3v) is 7.41. The molecule has 1 fully saturated rings. The van der Waals surface area contributed by atoms with Gasteiger partial charge in [0.15, 0.2) is 0 Å². The smallest absolute Gasteiger partial charge is 0.273 e. The highest BCUT2D eigenvalue weighted by molar-refractivity contribution is 5.94. The van der Waals surface area contributed by atoms with E-state index >= 15 is 0 Å². The third-order valence-electron chi connectivity index (χ3n) is 7.41. The van der Waals surface area contributed by atoms with E-state index in [4.69, 9.17) is 4.74 Å². The second kappa shape index (κ2) is 7.90. The molecular formula is C25H30N4O3. The number of piperidine rings is 1. The minimum absolute atomic E-state index is 0.128. The van der Waals surface area contributed by atoms with Crippen molar-refractivity contribution >= 4 is 16.8 Å². The molecule has 0 saturated carbocycles. The molecule has 0 aliphatic carbocycles. The van der Waals surface area contributed by atoms with E-state index in [1.165, 1.54) is 10.9 Å². The molecular weight excluding hydrogens is 404 g/mol. The van der Waals surface area contributed by atoms with Gasteiger partial charge in [0, 0.05) is 42.4 Å². The number of methoxy groups -OCH3 is 1. The number of ether oxygens (including phenoxy) is 1. The van der Waals surface area contributed by atoms with Gasteiger partial charge in [0.25, 0.3) is 5.91 Å². The van der Waals surface area contributed by atoms with Crippen molar-refractivity contribution in [2.75, 3.05) is 40.4 Å². The first-order valence-electron chi connectivity index (χ1n) is 11.2. The molecule has 2 aliphatic heterocycles. The summed E-state index contributed by atoms with van der Waals surface area (Å²) in [5.74, 6) is 0.672. The largest absolute Gasteiger partial charge is 0.497 e. The average Bonchev–Trinajstić information content (AvgIpc) is 3.13. The maximum atomic E-state index is 13.6. The van der Waals surface area contributed by atoms with Gasteiger partial charge in [-0.3, -0.25) is 9.78 Å². The molecule has 1 aromatic carbocycles. The molecule has 1 saturated heterocycles. The maximum Gasteiger partial charge on any atom is 0.273 e. The highest BCUT2D eigenvalue weighted by atomic mass is 16.5. The van der Waals surface area contributed by atoms with Crippen molar-refractivity contribution in [2.45, 2.75) is 24.3 Å². The van der Waals surface area contributed by atoms with Crippen molar-refractivity contribution in [3.63, 3.8) is 0 Å².